The van der Waals surface area contributed by atoms with Crippen LogP contribution in [0.1, 0.15) is 17.4 Å². The van der Waals surface area contributed by atoms with Gasteiger partial charge in [0.25, 0.3) is 0 Å². The lowest BCUT2D eigenvalue weighted by molar-refractivity contribution is -0.122. The zero-order valence-electron chi connectivity index (χ0n) is 16.0. The fourth-order valence-corrected chi connectivity index (χ4v) is 3.19. The van der Waals surface area contributed by atoms with Crippen molar-refractivity contribution in [2.24, 2.45) is 7.05 Å². The van der Waals surface area contributed by atoms with Crippen molar-refractivity contribution < 1.29 is 9.53 Å². The van der Waals surface area contributed by atoms with Gasteiger partial charge in [0.2, 0.25) is 5.91 Å². The molecule has 1 amide bonds. The average molecular weight is 392 g/mol. The molecule has 1 unspecified atom stereocenters. The Bertz CT molecular complexity index is 1220. The van der Waals surface area contributed by atoms with Gasteiger partial charge in [0.1, 0.15) is 24.2 Å². The number of nitrogens with one attached hydrogen (secondary N) is 1. The first kappa shape index (κ1) is 18.5. The number of aromatic nitrogens is 5. The number of hydrogen-bond donors (Lipinski definition) is 1. The number of hydrogen-bond acceptors (Lipinski definition) is 5. The van der Waals surface area contributed by atoms with Crippen LogP contribution >= 0.6 is 0 Å². The van der Waals surface area contributed by atoms with Gasteiger partial charge in [-0.25, -0.2) is 14.5 Å². The van der Waals surface area contributed by atoms with E-state index in [9.17, 15) is 9.59 Å². The third-order valence-electron chi connectivity index (χ3n) is 4.63. The number of pyridine rings is 1. The molecule has 0 aliphatic carbocycles. The lowest BCUT2D eigenvalue weighted by atomic mass is 10.1. The van der Waals surface area contributed by atoms with Crippen molar-refractivity contribution in [3.63, 3.8) is 0 Å². The maximum Gasteiger partial charge on any atom is 0.350 e. The second-order valence-electron chi connectivity index (χ2n) is 6.54. The first-order valence-corrected chi connectivity index (χ1v) is 9.01. The van der Waals surface area contributed by atoms with Crippen LogP contribution in [0.3, 0.4) is 0 Å². The van der Waals surface area contributed by atoms with Crippen LogP contribution in [0.15, 0.2) is 65.8 Å². The lowest BCUT2D eigenvalue weighted by Crippen LogP contribution is -2.36. The van der Waals surface area contributed by atoms with E-state index in [0.717, 1.165) is 10.2 Å². The van der Waals surface area contributed by atoms with Crippen molar-refractivity contribution >= 4 is 11.6 Å². The Kier molecular flexibility index (Phi) is 4.86. The Hall–Kier alpha value is -3.88. The summed E-state index contributed by atoms with van der Waals surface area (Å²) in [5.74, 6) is 0.979. The van der Waals surface area contributed by atoms with Gasteiger partial charge in [0.15, 0.2) is 5.65 Å². The van der Waals surface area contributed by atoms with Gasteiger partial charge in [-0.3, -0.25) is 9.20 Å². The number of ether oxygens (including phenoxy) is 1. The van der Waals surface area contributed by atoms with Crippen LogP contribution in [0.25, 0.3) is 5.65 Å². The van der Waals surface area contributed by atoms with E-state index in [4.69, 9.17) is 4.74 Å². The van der Waals surface area contributed by atoms with Crippen LogP contribution in [0, 0.1) is 0 Å². The number of aryl methyl sites for hydroxylation is 1. The van der Waals surface area contributed by atoms with E-state index in [-0.39, 0.29) is 18.1 Å². The van der Waals surface area contributed by atoms with Crippen molar-refractivity contribution in [3.8, 4) is 5.75 Å². The fourth-order valence-electron chi connectivity index (χ4n) is 3.19. The Morgan fingerprint density at radius 2 is 2.07 bits per heavy atom. The Labute approximate surface area is 166 Å². The molecule has 0 radical (unpaired) electrons. The standard InChI is InChI=1S/C20H20N6O3/c1-24-11-9-21-19(24)18(14-6-5-7-15(12-14)29-2)22-17(27)13-26-20(28)25-10-4-3-8-16(25)23-26/h3-12,18H,13H2,1-2H3,(H,22,27). The van der Waals surface area contributed by atoms with Gasteiger partial charge in [0, 0.05) is 25.6 Å². The van der Waals surface area contributed by atoms with Crippen molar-refractivity contribution in [1.82, 2.24) is 29.0 Å². The monoisotopic (exact) mass is 392 g/mol. The van der Waals surface area contributed by atoms with Gasteiger partial charge in [-0.2, -0.15) is 0 Å². The molecule has 1 aromatic carbocycles. The summed E-state index contributed by atoms with van der Waals surface area (Å²) >= 11 is 0. The van der Waals surface area contributed by atoms with Crippen LogP contribution in [0.2, 0.25) is 0 Å². The molecule has 0 spiro atoms. The quantitative estimate of drug-likeness (QED) is 0.531. The molecule has 3 heterocycles. The third kappa shape index (κ3) is 3.62. The molecular weight excluding hydrogens is 372 g/mol. The van der Waals surface area contributed by atoms with E-state index in [2.05, 4.69) is 15.4 Å². The molecule has 1 N–H and O–H groups in total. The van der Waals surface area contributed by atoms with Crippen LogP contribution in [0.4, 0.5) is 0 Å². The van der Waals surface area contributed by atoms with E-state index < -0.39 is 6.04 Å². The highest BCUT2D eigenvalue weighted by molar-refractivity contribution is 5.76. The Morgan fingerprint density at radius 1 is 1.21 bits per heavy atom. The van der Waals surface area contributed by atoms with Crippen molar-refractivity contribution in [2.75, 3.05) is 7.11 Å². The van der Waals surface area contributed by atoms with Crippen LogP contribution in [-0.4, -0.2) is 36.7 Å². The largest absolute Gasteiger partial charge is 0.497 e. The topological polar surface area (TPSA) is 95.4 Å². The van der Waals surface area contributed by atoms with Crippen LogP contribution in [-0.2, 0) is 18.4 Å². The van der Waals surface area contributed by atoms with Gasteiger partial charge in [0.05, 0.1) is 7.11 Å². The van der Waals surface area contributed by atoms with Crippen molar-refractivity contribution in [1.29, 1.82) is 0 Å². The molecule has 4 aromatic rings. The van der Waals surface area contributed by atoms with Gasteiger partial charge in [-0.15, -0.1) is 5.10 Å². The summed E-state index contributed by atoms with van der Waals surface area (Å²) in [4.78, 5) is 29.6. The highest BCUT2D eigenvalue weighted by Crippen LogP contribution is 2.24. The number of carbonyl (C=O) groups excluding carboxylic acids is 1. The summed E-state index contributed by atoms with van der Waals surface area (Å²) in [5.41, 5.74) is 0.929. The summed E-state index contributed by atoms with van der Waals surface area (Å²) in [6, 6.07) is 12.1. The number of amides is 1. The highest BCUT2D eigenvalue weighted by Gasteiger charge is 2.22. The number of imidazole rings is 1. The minimum atomic E-state index is -0.509. The number of nitrogens with zero attached hydrogens (tertiary/aromatic N) is 5. The maximum absolute atomic E-state index is 12.8. The summed E-state index contributed by atoms with van der Waals surface area (Å²) in [6.45, 7) is -0.203. The molecule has 4 rings (SSSR count). The molecule has 0 fully saturated rings. The van der Waals surface area contributed by atoms with Gasteiger partial charge >= 0.3 is 5.69 Å². The van der Waals surface area contributed by atoms with Gasteiger partial charge < -0.3 is 14.6 Å². The van der Waals surface area contributed by atoms with Gasteiger partial charge in [-0.1, -0.05) is 18.2 Å². The van der Waals surface area contributed by atoms with Crippen LogP contribution < -0.4 is 15.7 Å². The lowest BCUT2D eigenvalue weighted by Gasteiger charge is -2.19. The molecule has 1 atom stereocenters. The first-order chi connectivity index (χ1) is 14.1. The normalized spacial score (nSPS) is 12.1. The second kappa shape index (κ2) is 7.63. The first-order valence-electron chi connectivity index (χ1n) is 9.01. The summed E-state index contributed by atoms with van der Waals surface area (Å²) in [5, 5.41) is 7.17. The molecule has 0 aliphatic heterocycles. The van der Waals surface area contributed by atoms with E-state index in [1.54, 1.807) is 43.9 Å². The SMILES string of the molecule is COc1cccc(C(NC(=O)Cn2nc3ccccn3c2=O)c2nccn2C)c1. The molecule has 0 saturated heterocycles. The minimum absolute atomic E-state index is 0.203. The summed E-state index contributed by atoms with van der Waals surface area (Å²) in [6.07, 6.45) is 5.09. The Balaban J connectivity index is 1.63. The second-order valence-corrected chi connectivity index (χ2v) is 6.54. The molecule has 0 bridgehead atoms. The average Bonchev–Trinajstić information content (AvgIpc) is 3.29. The smallest absolute Gasteiger partial charge is 0.350 e. The van der Waals surface area contributed by atoms with E-state index in [1.807, 2.05) is 35.9 Å². The minimum Gasteiger partial charge on any atom is -0.497 e. The van der Waals surface area contributed by atoms with E-state index in [1.165, 1.54) is 4.40 Å². The summed E-state index contributed by atoms with van der Waals surface area (Å²) in [7, 11) is 3.44. The predicted molar refractivity (Wildman–Crippen MR) is 106 cm³/mol. The number of benzene rings is 1. The molecule has 9 nitrogen and oxygen atoms in total. The highest BCUT2D eigenvalue weighted by atomic mass is 16.5. The molecule has 9 heteroatoms. The third-order valence-corrected chi connectivity index (χ3v) is 4.63. The number of methoxy groups -OCH3 is 1. The van der Waals surface area contributed by atoms with E-state index >= 15 is 0 Å². The molecule has 3 aromatic heterocycles. The zero-order valence-corrected chi connectivity index (χ0v) is 16.0. The fraction of sp³-hybridized carbons (Fsp3) is 0.200. The Morgan fingerprint density at radius 3 is 2.79 bits per heavy atom. The number of rotatable bonds is 6. The van der Waals surface area contributed by atoms with Crippen molar-refractivity contribution in [3.05, 3.63) is 82.9 Å². The number of fused-ring (bicyclic) bond motifs is 1. The molecule has 0 aliphatic rings. The van der Waals surface area contributed by atoms with E-state index in [0.29, 0.717) is 17.2 Å². The summed E-state index contributed by atoms with van der Waals surface area (Å²) < 4.78 is 9.68. The maximum atomic E-state index is 12.8. The molecular formula is C20H20N6O3. The predicted octanol–water partition coefficient (Wildman–Crippen LogP) is 1.14. The van der Waals surface area contributed by atoms with Gasteiger partial charge in [-0.05, 0) is 29.8 Å². The number of carbonyl (C=O) groups is 1. The molecule has 148 valence electrons. The zero-order chi connectivity index (χ0) is 20.4. The molecule has 29 heavy (non-hydrogen) atoms. The van der Waals surface area contributed by atoms with Crippen molar-refractivity contribution in [2.45, 2.75) is 12.6 Å². The van der Waals surface area contributed by atoms with Crippen LogP contribution in [0.5, 0.6) is 5.75 Å². The molecule has 0 saturated carbocycles.